The lowest BCUT2D eigenvalue weighted by Gasteiger charge is -2.12. The van der Waals surface area contributed by atoms with Gasteiger partial charge in [0.2, 0.25) is 0 Å². The van der Waals surface area contributed by atoms with Gasteiger partial charge in [-0.15, -0.1) is 0 Å². The molecule has 0 spiro atoms. The molecule has 1 rings (SSSR count). The molecule has 0 bridgehead atoms. The van der Waals surface area contributed by atoms with Crippen LogP contribution >= 0.6 is 0 Å². The summed E-state index contributed by atoms with van der Waals surface area (Å²) in [6.07, 6.45) is 2.64. The van der Waals surface area contributed by atoms with Gasteiger partial charge in [0, 0.05) is 7.11 Å². The number of carboxylic acids is 1. The number of hydrogen-bond acceptors (Lipinski definition) is 4. The lowest BCUT2D eigenvalue weighted by Crippen LogP contribution is -2.43. The highest BCUT2D eigenvalue weighted by Gasteiger charge is 2.20. The minimum Gasteiger partial charge on any atom is -0.480 e. The van der Waals surface area contributed by atoms with Gasteiger partial charge in [-0.05, 0) is 0 Å². The van der Waals surface area contributed by atoms with Gasteiger partial charge in [0.15, 0.2) is 6.04 Å². The first-order chi connectivity index (χ1) is 7.15. The molecule has 1 heterocycles. The van der Waals surface area contributed by atoms with E-state index in [0.717, 1.165) is 0 Å². The molecule has 15 heavy (non-hydrogen) atoms. The van der Waals surface area contributed by atoms with Crippen LogP contribution in [-0.2, 0) is 9.53 Å². The van der Waals surface area contributed by atoms with Gasteiger partial charge in [0.05, 0.1) is 19.1 Å². The number of hydrogen-bond donors (Lipinski definition) is 3. The predicted octanol–water partition coefficient (Wildman–Crippen LogP) is -0.761. The number of nitrogens with zero attached hydrogens (tertiary/aromatic N) is 1. The topological polar surface area (TPSA) is 104 Å². The fraction of sp³-hybridized carbons (Fsp3) is 0.375. The standard InChI is InChI=1S/C8H11N3O4/c1-15-3-6(8(13)14)11-7(12)5-2-9-4-10-5/h2,4,6H,3H2,1H3,(H,9,10)(H,11,12)(H,13,14). The van der Waals surface area contributed by atoms with E-state index in [4.69, 9.17) is 5.11 Å². The van der Waals surface area contributed by atoms with Crippen LogP contribution in [0, 0.1) is 0 Å². The highest BCUT2D eigenvalue weighted by atomic mass is 16.5. The first kappa shape index (κ1) is 11.2. The van der Waals surface area contributed by atoms with Gasteiger partial charge < -0.3 is 20.1 Å². The molecule has 1 aromatic heterocycles. The fourth-order valence-electron chi connectivity index (χ4n) is 0.957. The predicted molar refractivity (Wildman–Crippen MR) is 49.4 cm³/mol. The van der Waals surface area contributed by atoms with Gasteiger partial charge in [-0.3, -0.25) is 4.79 Å². The molecule has 82 valence electrons. The molecule has 0 saturated heterocycles. The van der Waals surface area contributed by atoms with E-state index in [2.05, 4.69) is 20.0 Å². The summed E-state index contributed by atoms with van der Waals surface area (Å²) < 4.78 is 4.66. The van der Waals surface area contributed by atoms with Crippen molar-refractivity contribution in [3.05, 3.63) is 18.2 Å². The molecule has 0 aliphatic rings. The molecule has 1 aromatic rings. The van der Waals surface area contributed by atoms with Crippen molar-refractivity contribution in [1.29, 1.82) is 0 Å². The van der Waals surface area contributed by atoms with Crippen LogP contribution in [0.3, 0.4) is 0 Å². The van der Waals surface area contributed by atoms with Crippen LogP contribution in [-0.4, -0.2) is 46.7 Å². The summed E-state index contributed by atoms with van der Waals surface area (Å²) in [6, 6.07) is -1.06. The second-order valence-electron chi connectivity index (χ2n) is 2.78. The molecule has 7 heteroatoms. The van der Waals surface area contributed by atoms with Crippen LogP contribution in [0.15, 0.2) is 12.5 Å². The summed E-state index contributed by atoms with van der Waals surface area (Å²) in [5, 5.41) is 11.0. The van der Waals surface area contributed by atoms with Crippen LogP contribution in [0.4, 0.5) is 0 Å². The Bertz CT molecular complexity index is 336. The number of carboxylic acid groups (broad SMARTS) is 1. The van der Waals surface area contributed by atoms with Crippen molar-refractivity contribution in [2.75, 3.05) is 13.7 Å². The maximum absolute atomic E-state index is 11.4. The van der Waals surface area contributed by atoms with Crippen molar-refractivity contribution in [2.45, 2.75) is 6.04 Å². The zero-order chi connectivity index (χ0) is 11.3. The van der Waals surface area contributed by atoms with E-state index < -0.39 is 17.9 Å². The van der Waals surface area contributed by atoms with E-state index in [1.165, 1.54) is 19.6 Å². The molecule has 0 aromatic carbocycles. The molecular weight excluding hydrogens is 202 g/mol. The van der Waals surface area contributed by atoms with Crippen molar-refractivity contribution in [3.63, 3.8) is 0 Å². The number of imidazole rings is 1. The smallest absolute Gasteiger partial charge is 0.328 e. The third-order valence-electron chi connectivity index (χ3n) is 1.68. The molecule has 1 unspecified atom stereocenters. The number of carbonyl (C=O) groups excluding carboxylic acids is 1. The molecule has 1 atom stereocenters. The number of aromatic nitrogens is 2. The van der Waals surface area contributed by atoms with Gasteiger partial charge in [0.1, 0.15) is 5.69 Å². The second-order valence-corrected chi connectivity index (χ2v) is 2.78. The summed E-state index contributed by atoms with van der Waals surface area (Å²) in [4.78, 5) is 28.3. The molecule has 0 radical (unpaired) electrons. The maximum Gasteiger partial charge on any atom is 0.328 e. The van der Waals surface area contributed by atoms with E-state index in [0.29, 0.717) is 0 Å². The Hall–Kier alpha value is -1.89. The number of aromatic amines is 1. The van der Waals surface area contributed by atoms with E-state index >= 15 is 0 Å². The summed E-state index contributed by atoms with van der Waals surface area (Å²) >= 11 is 0. The fourth-order valence-corrected chi connectivity index (χ4v) is 0.957. The summed E-state index contributed by atoms with van der Waals surface area (Å²) in [5.41, 5.74) is 0.206. The number of nitrogens with one attached hydrogen (secondary N) is 2. The summed E-state index contributed by atoms with van der Waals surface area (Å²) in [7, 11) is 1.36. The third-order valence-corrected chi connectivity index (χ3v) is 1.68. The molecular formula is C8H11N3O4. The Morgan fingerprint density at radius 1 is 1.73 bits per heavy atom. The Labute approximate surface area is 85.5 Å². The number of methoxy groups -OCH3 is 1. The normalized spacial score (nSPS) is 12.1. The Morgan fingerprint density at radius 3 is 2.93 bits per heavy atom. The Balaban J connectivity index is 2.59. The van der Waals surface area contributed by atoms with Gasteiger partial charge in [-0.1, -0.05) is 0 Å². The van der Waals surface area contributed by atoms with Crippen LogP contribution in [0.25, 0.3) is 0 Å². The monoisotopic (exact) mass is 213 g/mol. The first-order valence-corrected chi connectivity index (χ1v) is 4.16. The average molecular weight is 213 g/mol. The lowest BCUT2D eigenvalue weighted by molar-refractivity contribution is -0.140. The van der Waals surface area contributed by atoms with Gasteiger partial charge in [-0.2, -0.15) is 0 Å². The first-order valence-electron chi connectivity index (χ1n) is 4.16. The van der Waals surface area contributed by atoms with Crippen LogP contribution in [0.2, 0.25) is 0 Å². The van der Waals surface area contributed by atoms with E-state index in [1.54, 1.807) is 0 Å². The van der Waals surface area contributed by atoms with E-state index in [-0.39, 0.29) is 12.3 Å². The highest BCUT2D eigenvalue weighted by molar-refractivity contribution is 5.94. The average Bonchev–Trinajstić information content (AvgIpc) is 2.69. The van der Waals surface area contributed by atoms with Crippen LogP contribution in [0.5, 0.6) is 0 Å². The van der Waals surface area contributed by atoms with Crippen molar-refractivity contribution in [3.8, 4) is 0 Å². The molecule has 3 N–H and O–H groups in total. The van der Waals surface area contributed by atoms with Crippen LogP contribution in [0.1, 0.15) is 10.5 Å². The number of carbonyl (C=O) groups is 2. The molecule has 0 saturated carbocycles. The van der Waals surface area contributed by atoms with Crippen molar-refractivity contribution < 1.29 is 19.4 Å². The number of rotatable bonds is 5. The summed E-state index contributed by atoms with van der Waals surface area (Å²) in [6.45, 7) is -0.0881. The zero-order valence-electron chi connectivity index (χ0n) is 8.06. The third kappa shape index (κ3) is 3.06. The molecule has 0 fully saturated rings. The number of amides is 1. The number of aliphatic carboxylic acids is 1. The Morgan fingerprint density at radius 2 is 2.47 bits per heavy atom. The highest BCUT2D eigenvalue weighted by Crippen LogP contribution is 1.93. The minimum absolute atomic E-state index is 0.0881. The number of ether oxygens (including phenoxy) is 1. The van der Waals surface area contributed by atoms with Crippen molar-refractivity contribution in [2.24, 2.45) is 0 Å². The van der Waals surface area contributed by atoms with Gasteiger partial charge in [-0.25, -0.2) is 9.78 Å². The number of H-pyrrole nitrogens is 1. The van der Waals surface area contributed by atoms with Crippen molar-refractivity contribution >= 4 is 11.9 Å². The SMILES string of the molecule is COCC(NC(=O)c1cnc[nH]1)C(=O)O. The summed E-state index contributed by atoms with van der Waals surface area (Å²) in [5.74, 6) is -1.68. The molecule has 0 aliphatic carbocycles. The second kappa shape index (κ2) is 5.11. The molecule has 1 amide bonds. The van der Waals surface area contributed by atoms with E-state index in [9.17, 15) is 9.59 Å². The molecule has 0 aliphatic heterocycles. The maximum atomic E-state index is 11.4. The van der Waals surface area contributed by atoms with Gasteiger partial charge >= 0.3 is 5.97 Å². The largest absolute Gasteiger partial charge is 0.480 e. The minimum atomic E-state index is -1.15. The molecule has 7 nitrogen and oxygen atoms in total. The van der Waals surface area contributed by atoms with Crippen molar-refractivity contribution in [1.82, 2.24) is 15.3 Å². The van der Waals surface area contributed by atoms with E-state index in [1.807, 2.05) is 0 Å². The zero-order valence-corrected chi connectivity index (χ0v) is 8.06. The van der Waals surface area contributed by atoms with Crippen LogP contribution < -0.4 is 5.32 Å². The Kier molecular flexibility index (Phi) is 3.81. The quantitative estimate of drug-likeness (QED) is 0.596. The van der Waals surface area contributed by atoms with Gasteiger partial charge in [0.25, 0.3) is 5.91 Å². The lowest BCUT2D eigenvalue weighted by atomic mass is 10.3.